The Labute approximate surface area is 118 Å². The second kappa shape index (κ2) is 5.82. The Morgan fingerprint density at radius 2 is 2.10 bits per heavy atom. The van der Waals surface area contributed by atoms with E-state index in [2.05, 4.69) is 13.8 Å². The Hall–Kier alpha value is -2.23. The van der Waals surface area contributed by atoms with E-state index >= 15 is 0 Å². The fourth-order valence-electron chi connectivity index (χ4n) is 2.18. The molecule has 0 aliphatic heterocycles. The number of aryl methyl sites for hydroxylation is 1. The highest BCUT2D eigenvalue weighted by Crippen LogP contribution is 2.24. The maximum absolute atomic E-state index is 10.9. The van der Waals surface area contributed by atoms with E-state index in [-0.39, 0.29) is 12.4 Å². The van der Waals surface area contributed by atoms with Crippen LogP contribution in [0.25, 0.3) is 0 Å². The molecule has 0 atom stereocenters. The molecular weight excluding hydrogens is 256 g/mol. The molecule has 1 heterocycles. The lowest BCUT2D eigenvalue weighted by molar-refractivity contribution is 0.0658. The van der Waals surface area contributed by atoms with E-state index in [1.165, 1.54) is 17.4 Å². The number of rotatable bonds is 5. The highest BCUT2D eigenvalue weighted by molar-refractivity contribution is 5.86. The highest BCUT2D eigenvalue weighted by Gasteiger charge is 2.14. The van der Waals surface area contributed by atoms with Gasteiger partial charge < -0.3 is 14.3 Å². The van der Waals surface area contributed by atoms with Crippen molar-refractivity contribution in [3.8, 4) is 5.75 Å². The quantitative estimate of drug-likeness (QED) is 0.895. The van der Waals surface area contributed by atoms with Gasteiger partial charge >= 0.3 is 5.97 Å². The molecule has 0 aliphatic rings. The lowest BCUT2D eigenvalue weighted by Crippen LogP contribution is -2.03. The van der Waals surface area contributed by atoms with Crippen LogP contribution in [0.4, 0.5) is 0 Å². The molecule has 0 fully saturated rings. The van der Waals surface area contributed by atoms with Crippen LogP contribution < -0.4 is 4.74 Å². The average molecular weight is 274 g/mol. The minimum absolute atomic E-state index is 0.0690. The van der Waals surface area contributed by atoms with Crippen LogP contribution in [0, 0.1) is 6.92 Å². The zero-order valence-corrected chi connectivity index (χ0v) is 11.8. The molecular formula is C16H18O4. The second-order valence-corrected chi connectivity index (χ2v) is 5.04. The number of carboxylic acids is 1. The van der Waals surface area contributed by atoms with Gasteiger partial charge in [0.05, 0.1) is 6.26 Å². The highest BCUT2D eigenvalue weighted by atomic mass is 16.5. The second-order valence-electron chi connectivity index (χ2n) is 5.04. The summed E-state index contributed by atoms with van der Waals surface area (Å²) in [5, 5.41) is 8.94. The van der Waals surface area contributed by atoms with E-state index in [1.54, 1.807) is 6.07 Å². The van der Waals surface area contributed by atoms with Gasteiger partial charge in [0.25, 0.3) is 0 Å². The van der Waals surface area contributed by atoms with Gasteiger partial charge in [0.15, 0.2) is 0 Å². The van der Waals surface area contributed by atoms with Gasteiger partial charge in [0, 0.05) is 5.56 Å². The fourth-order valence-corrected chi connectivity index (χ4v) is 2.18. The number of aromatic carboxylic acids is 1. The standard InChI is InChI=1S/C16H18O4/c1-10(2)14-5-4-13(8-11(14)3)20-9-12-6-7-19-15(12)16(17)18/h4-8,10H,9H2,1-3H3,(H,17,18). The molecule has 0 saturated carbocycles. The first kappa shape index (κ1) is 14.2. The molecule has 1 N–H and O–H groups in total. The monoisotopic (exact) mass is 274 g/mol. The van der Waals surface area contributed by atoms with Crippen LogP contribution in [0.2, 0.25) is 0 Å². The Bertz CT molecular complexity index is 611. The van der Waals surface area contributed by atoms with Crippen molar-refractivity contribution in [1.29, 1.82) is 0 Å². The van der Waals surface area contributed by atoms with Crippen LogP contribution in [0.1, 0.15) is 47.0 Å². The maximum Gasteiger partial charge on any atom is 0.372 e. The number of ether oxygens (including phenoxy) is 1. The summed E-state index contributed by atoms with van der Waals surface area (Å²) >= 11 is 0. The Morgan fingerprint density at radius 1 is 1.35 bits per heavy atom. The zero-order chi connectivity index (χ0) is 14.7. The van der Waals surface area contributed by atoms with Gasteiger partial charge in [0.1, 0.15) is 12.4 Å². The van der Waals surface area contributed by atoms with Gasteiger partial charge in [-0.3, -0.25) is 0 Å². The summed E-state index contributed by atoms with van der Waals surface area (Å²) in [6, 6.07) is 7.53. The van der Waals surface area contributed by atoms with E-state index in [0.717, 1.165) is 5.75 Å². The molecule has 0 aliphatic carbocycles. The molecule has 0 unspecified atom stereocenters. The third-order valence-electron chi connectivity index (χ3n) is 3.20. The molecule has 1 aromatic heterocycles. The molecule has 2 rings (SSSR count). The number of hydrogen-bond acceptors (Lipinski definition) is 3. The summed E-state index contributed by atoms with van der Waals surface area (Å²) in [6.45, 7) is 6.52. The summed E-state index contributed by atoms with van der Waals surface area (Å²) < 4.78 is 10.5. The normalized spacial score (nSPS) is 10.8. The van der Waals surface area contributed by atoms with E-state index in [1.807, 2.05) is 25.1 Å². The summed E-state index contributed by atoms with van der Waals surface area (Å²) in [7, 11) is 0. The largest absolute Gasteiger partial charge is 0.489 e. The molecule has 20 heavy (non-hydrogen) atoms. The van der Waals surface area contributed by atoms with Gasteiger partial charge in [-0.1, -0.05) is 19.9 Å². The molecule has 0 amide bonds. The number of carboxylic acid groups (broad SMARTS) is 1. The van der Waals surface area contributed by atoms with Crippen LogP contribution in [-0.4, -0.2) is 11.1 Å². The number of carbonyl (C=O) groups is 1. The minimum atomic E-state index is -1.08. The predicted octanol–water partition coefficient (Wildman–Crippen LogP) is 3.99. The van der Waals surface area contributed by atoms with Crippen molar-refractivity contribution in [2.24, 2.45) is 0 Å². The Kier molecular flexibility index (Phi) is 4.13. The van der Waals surface area contributed by atoms with Gasteiger partial charge in [0.2, 0.25) is 5.76 Å². The van der Waals surface area contributed by atoms with E-state index < -0.39 is 5.97 Å². The van der Waals surface area contributed by atoms with Crippen molar-refractivity contribution in [1.82, 2.24) is 0 Å². The van der Waals surface area contributed by atoms with Crippen molar-refractivity contribution in [3.63, 3.8) is 0 Å². The molecule has 106 valence electrons. The van der Waals surface area contributed by atoms with Gasteiger partial charge in [-0.2, -0.15) is 0 Å². The van der Waals surface area contributed by atoms with Gasteiger partial charge in [-0.15, -0.1) is 0 Å². The topological polar surface area (TPSA) is 59.7 Å². The van der Waals surface area contributed by atoms with Gasteiger partial charge in [-0.05, 0) is 42.2 Å². The Balaban J connectivity index is 2.09. The lowest BCUT2D eigenvalue weighted by Gasteiger charge is -2.12. The van der Waals surface area contributed by atoms with Crippen molar-refractivity contribution < 1.29 is 19.1 Å². The van der Waals surface area contributed by atoms with Crippen LogP contribution in [-0.2, 0) is 6.61 Å². The third-order valence-corrected chi connectivity index (χ3v) is 3.20. The lowest BCUT2D eigenvalue weighted by atomic mass is 9.98. The van der Waals surface area contributed by atoms with E-state index in [9.17, 15) is 4.79 Å². The first-order chi connectivity index (χ1) is 9.49. The molecule has 0 saturated heterocycles. The predicted molar refractivity (Wildman–Crippen MR) is 75.3 cm³/mol. The summed E-state index contributed by atoms with van der Waals surface area (Å²) in [6.07, 6.45) is 1.36. The SMILES string of the molecule is Cc1cc(OCc2ccoc2C(=O)O)ccc1C(C)C. The summed E-state index contributed by atoms with van der Waals surface area (Å²) in [5.41, 5.74) is 2.98. The summed E-state index contributed by atoms with van der Waals surface area (Å²) in [4.78, 5) is 10.9. The fraction of sp³-hybridized carbons (Fsp3) is 0.312. The molecule has 1 aromatic carbocycles. The molecule has 0 spiro atoms. The molecule has 2 aromatic rings. The number of benzene rings is 1. The molecule has 0 radical (unpaired) electrons. The third kappa shape index (κ3) is 3.02. The van der Waals surface area contributed by atoms with Crippen LogP contribution >= 0.6 is 0 Å². The van der Waals surface area contributed by atoms with Crippen LogP contribution in [0.3, 0.4) is 0 Å². The number of furan rings is 1. The minimum Gasteiger partial charge on any atom is -0.489 e. The average Bonchev–Trinajstić information content (AvgIpc) is 2.84. The first-order valence-electron chi connectivity index (χ1n) is 6.52. The van der Waals surface area contributed by atoms with Crippen LogP contribution in [0.15, 0.2) is 34.9 Å². The Morgan fingerprint density at radius 3 is 2.70 bits per heavy atom. The van der Waals surface area contributed by atoms with Crippen molar-refractivity contribution in [2.45, 2.75) is 33.3 Å². The van der Waals surface area contributed by atoms with E-state index in [0.29, 0.717) is 11.5 Å². The molecule has 0 bridgehead atoms. The maximum atomic E-state index is 10.9. The zero-order valence-electron chi connectivity index (χ0n) is 11.8. The first-order valence-corrected chi connectivity index (χ1v) is 6.52. The number of hydrogen-bond donors (Lipinski definition) is 1. The molecule has 4 nitrogen and oxygen atoms in total. The van der Waals surface area contributed by atoms with Gasteiger partial charge in [-0.25, -0.2) is 4.79 Å². The smallest absolute Gasteiger partial charge is 0.372 e. The van der Waals surface area contributed by atoms with Crippen molar-refractivity contribution in [3.05, 3.63) is 53.0 Å². The summed E-state index contributed by atoms with van der Waals surface area (Å²) in [5.74, 6) is 0.0430. The van der Waals surface area contributed by atoms with Crippen molar-refractivity contribution >= 4 is 5.97 Å². The van der Waals surface area contributed by atoms with Crippen LogP contribution in [0.5, 0.6) is 5.75 Å². The van der Waals surface area contributed by atoms with E-state index in [4.69, 9.17) is 14.3 Å². The van der Waals surface area contributed by atoms with Crippen molar-refractivity contribution in [2.75, 3.05) is 0 Å². The molecule has 4 heteroatoms.